The van der Waals surface area contributed by atoms with E-state index in [1.165, 1.54) is 32.1 Å². The van der Waals surface area contributed by atoms with Crippen molar-refractivity contribution in [3.8, 4) is 11.6 Å². The Hall–Kier alpha value is -2.44. The maximum atomic E-state index is 5.86. The Morgan fingerprint density at radius 3 is 2.84 bits per heavy atom. The number of rotatable bonds is 11. The summed E-state index contributed by atoms with van der Waals surface area (Å²) in [6.45, 7) is 3.62. The molecule has 7 heteroatoms. The minimum absolute atomic E-state index is 0.431. The average Bonchev–Trinajstić information content (AvgIpc) is 3.11. The highest BCUT2D eigenvalue weighted by Gasteiger charge is 2.09. The summed E-state index contributed by atoms with van der Waals surface area (Å²) < 4.78 is 5.22. The molecule has 2 heterocycles. The van der Waals surface area contributed by atoms with Gasteiger partial charge in [0.05, 0.1) is 0 Å². The summed E-state index contributed by atoms with van der Waals surface area (Å²) in [6.07, 6.45) is 9.82. The fraction of sp³-hybridized carbons (Fsp3) is 0.556. The quantitative estimate of drug-likeness (QED) is 0.369. The van der Waals surface area contributed by atoms with Crippen LogP contribution in [0.3, 0.4) is 0 Å². The fourth-order valence-corrected chi connectivity index (χ4v) is 2.40. The summed E-state index contributed by atoms with van der Waals surface area (Å²) in [6, 6.07) is 5.56. The van der Waals surface area contributed by atoms with Gasteiger partial charge in [0.25, 0.3) is 5.89 Å². The zero-order valence-electron chi connectivity index (χ0n) is 14.9. The van der Waals surface area contributed by atoms with Crippen LogP contribution in [0.4, 0.5) is 0 Å². The molecule has 0 aliphatic heterocycles. The summed E-state index contributed by atoms with van der Waals surface area (Å²) in [4.78, 5) is 12.8. The molecule has 2 aromatic rings. The third-order valence-electron chi connectivity index (χ3n) is 3.80. The molecule has 25 heavy (non-hydrogen) atoms. The Balaban J connectivity index is 1.62. The molecule has 0 unspecified atom stereocenters. The summed E-state index contributed by atoms with van der Waals surface area (Å²) in [5.74, 6) is 1.53. The van der Waals surface area contributed by atoms with E-state index in [9.17, 15) is 0 Å². The summed E-state index contributed by atoms with van der Waals surface area (Å²) in [7, 11) is 0. The topological polar surface area (TPSA) is 102 Å². The van der Waals surface area contributed by atoms with Gasteiger partial charge in [-0.15, -0.1) is 0 Å². The van der Waals surface area contributed by atoms with Gasteiger partial charge in [0.2, 0.25) is 0 Å². The van der Waals surface area contributed by atoms with Crippen LogP contribution < -0.4 is 11.1 Å². The summed E-state index contributed by atoms with van der Waals surface area (Å²) in [5, 5.41) is 7.04. The van der Waals surface area contributed by atoms with Crippen LogP contribution in [0.1, 0.15) is 51.3 Å². The van der Waals surface area contributed by atoms with Gasteiger partial charge in [-0.25, -0.2) is 0 Å². The highest BCUT2D eigenvalue weighted by molar-refractivity contribution is 5.77. The van der Waals surface area contributed by atoms with Crippen molar-refractivity contribution < 1.29 is 4.52 Å². The van der Waals surface area contributed by atoms with Crippen LogP contribution in [-0.2, 0) is 6.42 Å². The number of guanidine groups is 1. The Bertz CT molecular complexity index is 626. The number of unbranched alkanes of at least 4 members (excludes halogenated alkanes) is 5. The Kier molecular flexibility index (Phi) is 8.44. The first-order valence-electron chi connectivity index (χ1n) is 9.07. The molecule has 0 aliphatic rings. The molecule has 0 aliphatic carbocycles. The van der Waals surface area contributed by atoms with Gasteiger partial charge in [-0.3, -0.25) is 9.98 Å². The van der Waals surface area contributed by atoms with Gasteiger partial charge >= 0.3 is 0 Å². The maximum Gasteiger partial charge on any atom is 0.276 e. The van der Waals surface area contributed by atoms with Gasteiger partial charge in [-0.05, 0) is 18.6 Å². The lowest BCUT2D eigenvalue weighted by molar-refractivity contribution is 0.421. The molecule has 0 saturated carbocycles. The normalized spacial score (nSPS) is 11.6. The summed E-state index contributed by atoms with van der Waals surface area (Å²) in [5.41, 5.74) is 6.54. The third-order valence-corrected chi connectivity index (χ3v) is 3.80. The van der Waals surface area contributed by atoms with Crippen LogP contribution in [0.2, 0.25) is 0 Å². The molecule has 0 saturated heterocycles. The third kappa shape index (κ3) is 7.32. The van der Waals surface area contributed by atoms with Crippen LogP contribution in [0, 0.1) is 0 Å². The Labute approximate surface area is 149 Å². The smallest absolute Gasteiger partial charge is 0.276 e. The van der Waals surface area contributed by atoms with Crippen molar-refractivity contribution in [2.24, 2.45) is 10.7 Å². The Morgan fingerprint density at radius 1 is 1.20 bits per heavy atom. The van der Waals surface area contributed by atoms with Crippen molar-refractivity contribution in [3.63, 3.8) is 0 Å². The van der Waals surface area contributed by atoms with Gasteiger partial charge in [0, 0.05) is 25.7 Å². The molecular formula is C18H28N6O. The molecule has 0 amide bonds. The van der Waals surface area contributed by atoms with Crippen molar-refractivity contribution in [1.29, 1.82) is 0 Å². The highest BCUT2D eigenvalue weighted by Crippen LogP contribution is 2.13. The summed E-state index contributed by atoms with van der Waals surface area (Å²) >= 11 is 0. The van der Waals surface area contributed by atoms with E-state index in [0.717, 1.165) is 13.0 Å². The molecular weight excluding hydrogens is 316 g/mol. The number of pyridine rings is 1. The molecule has 136 valence electrons. The molecule has 0 aromatic carbocycles. The first-order valence-corrected chi connectivity index (χ1v) is 9.07. The SMILES string of the molecule is CCCCCCCCN=C(N)NCCc1noc(-c2ccccn2)n1. The molecule has 2 aromatic heterocycles. The van der Waals surface area contributed by atoms with Crippen LogP contribution in [0.5, 0.6) is 0 Å². The molecule has 2 rings (SSSR count). The maximum absolute atomic E-state index is 5.86. The van der Waals surface area contributed by atoms with Crippen molar-refractivity contribution in [2.75, 3.05) is 13.1 Å². The highest BCUT2D eigenvalue weighted by atomic mass is 16.5. The number of aromatic nitrogens is 3. The monoisotopic (exact) mass is 344 g/mol. The average molecular weight is 344 g/mol. The number of aliphatic imine (C=N–C) groups is 1. The van der Waals surface area contributed by atoms with Gasteiger partial charge in [0.1, 0.15) is 5.69 Å². The van der Waals surface area contributed by atoms with Crippen molar-refractivity contribution >= 4 is 5.96 Å². The lowest BCUT2D eigenvalue weighted by Crippen LogP contribution is -2.33. The molecule has 0 spiro atoms. The molecule has 0 bridgehead atoms. The number of hydrogen-bond donors (Lipinski definition) is 2. The van der Waals surface area contributed by atoms with E-state index in [1.54, 1.807) is 6.20 Å². The first kappa shape index (κ1) is 18.9. The van der Waals surface area contributed by atoms with E-state index < -0.39 is 0 Å². The molecule has 3 N–H and O–H groups in total. The second-order valence-electron chi connectivity index (χ2n) is 5.94. The van der Waals surface area contributed by atoms with Crippen LogP contribution in [-0.4, -0.2) is 34.2 Å². The minimum atomic E-state index is 0.431. The molecule has 0 fully saturated rings. The first-order chi connectivity index (χ1) is 12.3. The van der Waals surface area contributed by atoms with Crippen molar-refractivity contribution in [1.82, 2.24) is 20.4 Å². The van der Waals surface area contributed by atoms with Gasteiger partial charge in [-0.2, -0.15) is 4.98 Å². The lowest BCUT2D eigenvalue weighted by Gasteiger charge is -2.03. The van der Waals surface area contributed by atoms with Gasteiger partial charge in [-0.1, -0.05) is 50.3 Å². The van der Waals surface area contributed by atoms with Crippen LogP contribution in [0.25, 0.3) is 11.6 Å². The second kappa shape index (κ2) is 11.2. The van der Waals surface area contributed by atoms with E-state index in [2.05, 4.69) is 32.4 Å². The molecule has 0 radical (unpaired) electrons. The predicted molar refractivity (Wildman–Crippen MR) is 99.1 cm³/mol. The lowest BCUT2D eigenvalue weighted by atomic mass is 10.1. The fourth-order valence-electron chi connectivity index (χ4n) is 2.40. The molecule has 0 atom stereocenters. The molecule has 7 nitrogen and oxygen atoms in total. The number of nitrogens with zero attached hydrogens (tertiary/aromatic N) is 4. The van der Waals surface area contributed by atoms with E-state index in [0.29, 0.717) is 36.3 Å². The zero-order valence-corrected chi connectivity index (χ0v) is 14.9. The van der Waals surface area contributed by atoms with Crippen molar-refractivity contribution in [3.05, 3.63) is 30.2 Å². The van der Waals surface area contributed by atoms with E-state index in [4.69, 9.17) is 10.3 Å². The second-order valence-corrected chi connectivity index (χ2v) is 5.94. The van der Waals surface area contributed by atoms with Crippen LogP contribution >= 0.6 is 0 Å². The van der Waals surface area contributed by atoms with Gasteiger partial charge in [0.15, 0.2) is 11.8 Å². The standard InChI is InChI=1S/C18H28N6O/c1-2-3-4-5-6-8-13-21-18(19)22-14-11-16-23-17(25-24-16)15-10-7-9-12-20-15/h7,9-10,12H,2-6,8,11,13-14H2,1H3,(H3,19,21,22). The largest absolute Gasteiger partial charge is 0.370 e. The number of nitrogens with two attached hydrogens (primary N) is 1. The Morgan fingerprint density at radius 2 is 2.04 bits per heavy atom. The minimum Gasteiger partial charge on any atom is -0.370 e. The van der Waals surface area contributed by atoms with E-state index in [-0.39, 0.29) is 0 Å². The van der Waals surface area contributed by atoms with Crippen molar-refractivity contribution in [2.45, 2.75) is 51.9 Å². The van der Waals surface area contributed by atoms with Crippen LogP contribution in [0.15, 0.2) is 33.9 Å². The predicted octanol–water partition coefficient (Wildman–Crippen LogP) is 2.94. The number of hydrogen-bond acceptors (Lipinski definition) is 5. The van der Waals surface area contributed by atoms with E-state index >= 15 is 0 Å². The zero-order chi connectivity index (χ0) is 17.7. The van der Waals surface area contributed by atoms with E-state index in [1.807, 2.05) is 18.2 Å². The number of nitrogens with one attached hydrogen (secondary N) is 1. The van der Waals surface area contributed by atoms with Gasteiger partial charge < -0.3 is 15.6 Å².